The van der Waals surface area contributed by atoms with Crippen molar-refractivity contribution in [2.75, 3.05) is 13.1 Å². The minimum Gasteiger partial charge on any atom is -0.481 e. The van der Waals surface area contributed by atoms with Crippen LogP contribution in [-0.4, -0.2) is 35.0 Å². The summed E-state index contributed by atoms with van der Waals surface area (Å²) in [5.41, 5.74) is 0. The Morgan fingerprint density at radius 3 is 2.21 bits per heavy atom. The van der Waals surface area contributed by atoms with Crippen molar-refractivity contribution >= 4 is 11.9 Å². The third-order valence-corrected chi connectivity index (χ3v) is 3.09. The van der Waals surface area contributed by atoms with Gasteiger partial charge in [0.2, 0.25) is 5.91 Å². The molecule has 0 bridgehead atoms. The SMILES string of the molecule is O=C(O)[C@@H]1C[C@@H]1C(=O)N1CCCCC1. The molecule has 4 nitrogen and oxygen atoms in total. The van der Waals surface area contributed by atoms with Crippen molar-refractivity contribution in [2.24, 2.45) is 11.8 Å². The standard InChI is InChI=1S/C10H15NO3/c12-9(7-6-8(7)10(13)14)11-4-2-1-3-5-11/h7-8H,1-6H2,(H,13,14)/t7-,8+/m0/s1. The molecule has 1 aliphatic carbocycles. The molecule has 2 rings (SSSR count). The molecular weight excluding hydrogens is 182 g/mol. The lowest BCUT2D eigenvalue weighted by atomic mass is 10.1. The van der Waals surface area contributed by atoms with Crippen molar-refractivity contribution < 1.29 is 14.7 Å². The molecule has 14 heavy (non-hydrogen) atoms. The maximum absolute atomic E-state index is 11.7. The van der Waals surface area contributed by atoms with Crippen LogP contribution in [0.1, 0.15) is 25.7 Å². The lowest BCUT2D eigenvalue weighted by Gasteiger charge is -2.26. The fourth-order valence-corrected chi connectivity index (χ4v) is 2.09. The fraction of sp³-hybridized carbons (Fsp3) is 0.800. The van der Waals surface area contributed by atoms with E-state index in [1.807, 2.05) is 4.90 Å². The number of carboxylic acids is 1. The van der Waals surface area contributed by atoms with Crippen LogP contribution < -0.4 is 0 Å². The van der Waals surface area contributed by atoms with Crippen molar-refractivity contribution in [2.45, 2.75) is 25.7 Å². The third kappa shape index (κ3) is 1.74. The molecule has 0 unspecified atom stereocenters. The molecule has 2 atom stereocenters. The van der Waals surface area contributed by atoms with Crippen molar-refractivity contribution in [3.8, 4) is 0 Å². The van der Waals surface area contributed by atoms with E-state index >= 15 is 0 Å². The molecule has 0 spiro atoms. The largest absolute Gasteiger partial charge is 0.481 e. The summed E-state index contributed by atoms with van der Waals surface area (Å²) in [6.45, 7) is 1.64. The lowest BCUT2D eigenvalue weighted by Crippen LogP contribution is -2.37. The first-order valence-corrected chi connectivity index (χ1v) is 5.22. The molecule has 1 saturated heterocycles. The van der Waals surface area contributed by atoms with Crippen molar-refractivity contribution in [3.63, 3.8) is 0 Å². The summed E-state index contributed by atoms with van der Waals surface area (Å²) in [6, 6.07) is 0. The lowest BCUT2D eigenvalue weighted by molar-refractivity contribution is -0.142. The van der Waals surface area contributed by atoms with E-state index in [9.17, 15) is 9.59 Å². The van der Waals surface area contributed by atoms with E-state index in [1.165, 1.54) is 6.42 Å². The predicted octanol–water partition coefficient (Wildman–Crippen LogP) is 0.720. The number of hydrogen-bond donors (Lipinski definition) is 1. The summed E-state index contributed by atoms with van der Waals surface area (Å²) in [7, 11) is 0. The van der Waals surface area contributed by atoms with Crippen LogP contribution in [0.4, 0.5) is 0 Å². The molecular formula is C10H15NO3. The van der Waals surface area contributed by atoms with E-state index in [-0.39, 0.29) is 11.8 Å². The number of carboxylic acid groups (broad SMARTS) is 1. The molecule has 2 fully saturated rings. The van der Waals surface area contributed by atoms with Crippen molar-refractivity contribution in [1.82, 2.24) is 4.90 Å². The van der Waals surface area contributed by atoms with Gasteiger partial charge in [-0.25, -0.2) is 0 Å². The smallest absolute Gasteiger partial charge is 0.307 e. The van der Waals surface area contributed by atoms with Gasteiger partial charge >= 0.3 is 5.97 Å². The van der Waals surface area contributed by atoms with Gasteiger partial charge in [-0.05, 0) is 25.7 Å². The highest BCUT2D eigenvalue weighted by Gasteiger charge is 2.49. The quantitative estimate of drug-likeness (QED) is 0.709. The van der Waals surface area contributed by atoms with Crippen molar-refractivity contribution in [1.29, 1.82) is 0 Å². The molecule has 1 aliphatic heterocycles. The Bertz CT molecular complexity index is 258. The third-order valence-electron chi connectivity index (χ3n) is 3.09. The summed E-state index contributed by atoms with van der Waals surface area (Å²) in [5, 5.41) is 8.70. The fourth-order valence-electron chi connectivity index (χ4n) is 2.09. The molecule has 1 heterocycles. The monoisotopic (exact) mass is 197 g/mol. The van der Waals surface area contributed by atoms with E-state index in [4.69, 9.17) is 5.11 Å². The Kier molecular flexibility index (Phi) is 2.44. The Balaban J connectivity index is 1.87. The predicted molar refractivity (Wildman–Crippen MR) is 49.7 cm³/mol. The Morgan fingerprint density at radius 2 is 1.71 bits per heavy atom. The number of carbonyl (C=O) groups excluding carboxylic acids is 1. The first-order chi connectivity index (χ1) is 6.70. The van der Waals surface area contributed by atoms with Crippen LogP contribution in [0.5, 0.6) is 0 Å². The van der Waals surface area contributed by atoms with E-state index in [0.29, 0.717) is 6.42 Å². The molecule has 78 valence electrons. The summed E-state index contributed by atoms with van der Waals surface area (Å²) in [4.78, 5) is 24.2. The number of amides is 1. The second kappa shape index (κ2) is 3.59. The van der Waals surface area contributed by atoms with Crippen LogP contribution in [0.2, 0.25) is 0 Å². The molecule has 2 aliphatic rings. The second-order valence-electron chi connectivity index (χ2n) is 4.17. The van der Waals surface area contributed by atoms with Crippen LogP contribution in [0.3, 0.4) is 0 Å². The Labute approximate surface area is 82.9 Å². The molecule has 1 saturated carbocycles. The van der Waals surface area contributed by atoms with E-state index < -0.39 is 11.9 Å². The molecule has 1 amide bonds. The average molecular weight is 197 g/mol. The number of nitrogens with zero attached hydrogens (tertiary/aromatic N) is 1. The Morgan fingerprint density at radius 1 is 1.07 bits per heavy atom. The molecule has 1 N–H and O–H groups in total. The molecule has 0 aromatic carbocycles. The number of carbonyl (C=O) groups is 2. The number of hydrogen-bond acceptors (Lipinski definition) is 2. The zero-order valence-electron chi connectivity index (χ0n) is 8.11. The average Bonchev–Trinajstić information content (AvgIpc) is 2.97. The van der Waals surface area contributed by atoms with Gasteiger partial charge in [0.15, 0.2) is 0 Å². The normalized spacial score (nSPS) is 31.3. The zero-order valence-corrected chi connectivity index (χ0v) is 8.11. The van der Waals surface area contributed by atoms with Crippen LogP contribution in [0.15, 0.2) is 0 Å². The summed E-state index contributed by atoms with van der Waals surface area (Å²) in [5.74, 6) is -1.37. The minimum atomic E-state index is -0.819. The first-order valence-electron chi connectivity index (χ1n) is 5.22. The molecule has 0 radical (unpaired) electrons. The van der Waals surface area contributed by atoms with Gasteiger partial charge in [-0.2, -0.15) is 0 Å². The van der Waals surface area contributed by atoms with E-state index in [1.54, 1.807) is 0 Å². The van der Waals surface area contributed by atoms with Gasteiger partial charge in [0.1, 0.15) is 0 Å². The maximum Gasteiger partial charge on any atom is 0.307 e. The van der Waals surface area contributed by atoms with E-state index in [2.05, 4.69) is 0 Å². The second-order valence-corrected chi connectivity index (χ2v) is 4.17. The summed E-state index contributed by atoms with van der Waals surface area (Å²) >= 11 is 0. The van der Waals surface area contributed by atoms with Gasteiger partial charge in [-0.1, -0.05) is 0 Å². The van der Waals surface area contributed by atoms with Gasteiger partial charge in [0.25, 0.3) is 0 Å². The number of rotatable bonds is 2. The van der Waals surface area contributed by atoms with Crippen LogP contribution in [0.25, 0.3) is 0 Å². The number of aliphatic carboxylic acids is 1. The summed E-state index contributed by atoms with van der Waals surface area (Å²) < 4.78 is 0. The van der Waals surface area contributed by atoms with Crippen LogP contribution in [-0.2, 0) is 9.59 Å². The molecule has 0 aromatic rings. The van der Waals surface area contributed by atoms with E-state index in [0.717, 1.165) is 25.9 Å². The van der Waals surface area contributed by atoms with Gasteiger partial charge in [0, 0.05) is 13.1 Å². The highest BCUT2D eigenvalue weighted by molar-refractivity contribution is 5.89. The minimum absolute atomic E-state index is 0.0668. The van der Waals surface area contributed by atoms with Gasteiger partial charge in [-0.15, -0.1) is 0 Å². The topological polar surface area (TPSA) is 57.6 Å². The van der Waals surface area contributed by atoms with Crippen LogP contribution in [0, 0.1) is 11.8 Å². The highest BCUT2D eigenvalue weighted by Crippen LogP contribution is 2.40. The van der Waals surface area contributed by atoms with Gasteiger partial charge < -0.3 is 10.0 Å². The highest BCUT2D eigenvalue weighted by atomic mass is 16.4. The van der Waals surface area contributed by atoms with Crippen LogP contribution >= 0.6 is 0 Å². The molecule has 4 heteroatoms. The first kappa shape index (κ1) is 9.49. The Hall–Kier alpha value is -1.06. The van der Waals surface area contributed by atoms with Gasteiger partial charge in [-0.3, -0.25) is 9.59 Å². The maximum atomic E-state index is 11.7. The molecule has 0 aromatic heterocycles. The summed E-state index contributed by atoms with van der Waals surface area (Å²) in [6.07, 6.45) is 3.87. The number of likely N-dealkylation sites (tertiary alicyclic amines) is 1. The zero-order chi connectivity index (χ0) is 10.1. The van der Waals surface area contributed by atoms with Gasteiger partial charge in [0.05, 0.1) is 11.8 Å². The number of piperidine rings is 1. The van der Waals surface area contributed by atoms with Crippen molar-refractivity contribution in [3.05, 3.63) is 0 Å².